The lowest BCUT2D eigenvalue weighted by molar-refractivity contribution is -0.104. The topological polar surface area (TPSA) is 63.1 Å². The van der Waals surface area contributed by atoms with Crippen LogP contribution in [0, 0.1) is 6.92 Å². The smallest absolute Gasteiger partial charge is 0.164 e. The molecule has 0 unspecified atom stereocenters. The summed E-state index contributed by atoms with van der Waals surface area (Å²) < 4.78 is 5.47. The number of pyridine rings is 1. The van der Waals surface area contributed by atoms with Gasteiger partial charge in [0.1, 0.15) is 17.6 Å². The molecule has 3 aromatic rings. The Morgan fingerprint density at radius 1 is 1.23 bits per heavy atom. The lowest BCUT2D eigenvalue weighted by Gasteiger charge is -2.13. The van der Waals surface area contributed by atoms with Gasteiger partial charge in [0.2, 0.25) is 0 Å². The highest BCUT2D eigenvalue weighted by Gasteiger charge is 2.16. The summed E-state index contributed by atoms with van der Waals surface area (Å²) in [5.41, 5.74) is 5.32. The molecule has 6 nitrogen and oxygen atoms in total. The second kappa shape index (κ2) is 9.63. The van der Waals surface area contributed by atoms with Crippen molar-refractivity contribution < 1.29 is 4.79 Å². The van der Waals surface area contributed by atoms with Gasteiger partial charge in [0.15, 0.2) is 5.82 Å². The molecule has 30 heavy (non-hydrogen) atoms. The number of fused-ring (bicyclic) bond motifs is 1. The van der Waals surface area contributed by atoms with Crippen LogP contribution in [0.5, 0.6) is 0 Å². The van der Waals surface area contributed by atoms with E-state index in [-0.39, 0.29) is 0 Å². The van der Waals surface area contributed by atoms with Crippen LogP contribution in [-0.2, 0) is 11.3 Å². The number of nitrogens with one attached hydrogen (secondary N) is 1. The zero-order chi connectivity index (χ0) is 21.7. The van der Waals surface area contributed by atoms with Crippen molar-refractivity contribution in [3.63, 3.8) is 0 Å². The number of aromatic nitrogens is 3. The molecule has 0 amide bonds. The molecule has 2 aromatic heterocycles. The summed E-state index contributed by atoms with van der Waals surface area (Å²) in [5.74, 6) is 1.64. The Morgan fingerprint density at radius 3 is 2.60 bits per heavy atom. The van der Waals surface area contributed by atoms with Crippen molar-refractivity contribution in [2.45, 2.75) is 20.4 Å². The highest BCUT2D eigenvalue weighted by Crippen LogP contribution is 2.29. The quantitative estimate of drug-likeness (QED) is 0.250. The Morgan fingerprint density at radius 2 is 1.97 bits per heavy atom. The molecule has 7 heteroatoms. The lowest BCUT2D eigenvalue weighted by Crippen LogP contribution is -2.05. The van der Waals surface area contributed by atoms with E-state index in [2.05, 4.69) is 21.4 Å². The Bertz CT molecular complexity index is 1100. The van der Waals surface area contributed by atoms with Crippen LogP contribution in [0.4, 0.5) is 5.82 Å². The van der Waals surface area contributed by atoms with E-state index in [0.717, 1.165) is 41.0 Å². The average molecular weight is 422 g/mol. The third-order valence-electron chi connectivity index (χ3n) is 4.57. The second-order valence-corrected chi connectivity index (χ2v) is 7.93. The monoisotopic (exact) mass is 421 g/mol. The molecule has 0 radical (unpaired) electrons. The van der Waals surface area contributed by atoms with Crippen LogP contribution in [0.1, 0.15) is 24.0 Å². The van der Waals surface area contributed by atoms with Crippen molar-refractivity contribution in [3.8, 4) is 0 Å². The van der Waals surface area contributed by atoms with Gasteiger partial charge < -0.3 is 14.2 Å². The number of nitrogens with zero attached hydrogens (tertiary/aromatic N) is 4. The van der Waals surface area contributed by atoms with Crippen LogP contribution >= 0.6 is 11.9 Å². The number of aldehydes is 1. The molecule has 0 atom stereocenters. The number of allylic oxidation sites excluding steroid dienone is 3. The van der Waals surface area contributed by atoms with E-state index >= 15 is 0 Å². The molecule has 0 saturated heterocycles. The largest absolute Gasteiger partial charge is 0.383 e. The van der Waals surface area contributed by atoms with Gasteiger partial charge in [0.05, 0.1) is 11.2 Å². The summed E-state index contributed by atoms with van der Waals surface area (Å²) in [6.07, 6.45) is 6.64. The van der Waals surface area contributed by atoms with Crippen molar-refractivity contribution in [1.29, 1.82) is 0 Å². The molecule has 0 aliphatic carbocycles. The predicted molar refractivity (Wildman–Crippen MR) is 126 cm³/mol. The van der Waals surface area contributed by atoms with Gasteiger partial charge in [-0.1, -0.05) is 42.3 Å². The normalized spacial score (nSPS) is 12.3. The first kappa shape index (κ1) is 21.6. The number of hydrogen-bond donors (Lipinski definition) is 1. The number of rotatable bonds is 8. The number of carbonyl (C=O) groups is 1. The average Bonchev–Trinajstić information content (AvgIpc) is 3.03. The van der Waals surface area contributed by atoms with Crippen LogP contribution in [-0.4, -0.2) is 46.1 Å². The first-order chi connectivity index (χ1) is 14.4. The van der Waals surface area contributed by atoms with Crippen molar-refractivity contribution in [2.75, 3.05) is 25.1 Å². The van der Waals surface area contributed by atoms with Crippen molar-refractivity contribution >= 4 is 40.7 Å². The van der Waals surface area contributed by atoms with Gasteiger partial charge >= 0.3 is 0 Å². The Hall–Kier alpha value is -3.06. The van der Waals surface area contributed by atoms with Crippen LogP contribution < -0.4 is 4.72 Å². The maximum atomic E-state index is 11.2. The van der Waals surface area contributed by atoms with Gasteiger partial charge in [-0.05, 0) is 37.1 Å². The minimum Gasteiger partial charge on any atom is -0.383 e. The molecule has 0 saturated carbocycles. The molecule has 0 aliphatic rings. The predicted octanol–water partition coefficient (Wildman–Crippen LogP) is 4.53. The molecule has 156 valence electrons. The van der Waals surface area contributed by atoms with Gasteiger partial charge in [-0.15, -0.1) is 0 Å². The second-order valence-electron chi connectivity index (χ2n) is 7.32. The molecular formula is C23H27N5OS. The highest BCUT2D eigenvalue weighted by atomic mass is 32.2. The molecule has 1 aromatic carbocycles. The van der Waals surface area contributed by atoms with Crippen LogP contribution in [0.25, 0.3) is 16.6 Å². The van der Waals surface area contributed by atoms with E-state index in [1.165, 1.54) is 17.5 Å². The molecule has 0 aliphatic heterocycles. The Balaban J connectivity index is 2.22. The molecule has 0 bridgehead atoms. The van der Waals surface area contributed by atoms with Crippen LogP contribution in [0.15, 0.2) is 54.2 Å². The van der Waals surface area contributed by atoms with Gasteiger partial charge in [-0.2, -0.15) is 0 Å². The molecule has 0 fully saturated rings. The zero-order valence-electron chi connectivity index (χ0n) is 18.0. The summed E-state index contributed by atoms with van der Waals surface area (Å²) in [5, 5.41) is 0. The van der Waals surface area contributed by atoms with Gasteiger partial charge in [-0.3, -0.25) is 4.79 Å². The zero-order valence-corrected chi connectivity index (χ0v) is 18.8. The standard InChI is InChI=1S/C23H27N5OS/c1-16(15-29)11-19(14-27(3)4)20-12-21-22(23(25-20)26-30-5)24-17(2)28(21)13-18-9-7-6-8-10-18/h6-12,14-15H,13H2,1-5H3,(H,25,26)/b16-11-,19-14+. The third kappa shape index (κ3) is 4.91. The van der Waals surface area contributed by atoms with E-state index in [1.807, 2.05) is 68.7 Å². The maximum Gasteiger partial charge on any atom is 0.164 e. The summed E-state index contributed by atoms with van der Waals surface area (Å²) >= 11 is 1.48. The van der Waals surface area contributed by atoms with E-state index in [4.69, 9.17) is 9.97 Å². The number of benzene rings is 1. The molecule has 1 N–H and O–H groups in total. The van der Waals surface area contributed by atoms with Crippen molar-refractivity contribution in [1.82, 2.24) is 19.4 Å². The lowest BCUT2D eigenvalue weighted by atomic mass is 10.1. The van der Waals surface area contributed by atoms with Crippen LogP contribution in [0.3, 0.4) is 0 Å². The summed E-state index contributed by atoms with van der Waals surface area (Å²) in [6, 6.07) is 12.4. The number of imidazole rings is 1. The molecular weight excluding hydrogens is 394 g/mol. The number of anilines is 1. The Labute approximate surface area is 181 Å². The van der Waals surface area contributed by atoms with Gasteiger partial charge in [0.25, 0.3) is 0 Å². The van der Waals surface area contributed by atoms with Gasteiger partial charge in [0, 0.05) is 38.7 Å². The van der Waals surface area contributed by atoms with Crippen molar-refractivity contribution in [3.05, 3.63) is 71.3 Å². The maximum absolute atomic E-state index is 11.2. The summed E-state index contributed by atoms with van der Waals surface area (Å²) in [7, 11) is 3.90. The minimum absolute atomic E-state index is 0.637. The van der Waals surface area contributed by atoms with E-state index in [9.17, 15) is 4.79 Å². The summed E-state index contributed by atoms with van der Waals surface area (Å²) in [6.45, 7) is 4.53. The Kier molecular flexibility index (Phi) is 6.95. The number of carbonyl (C=O) groups excluding carboxylic acids is 1. The first-order valence-electron chi connectivity index (χ1n) is 9.65. The minimum atomic E-state index is 0.637. The fourth-order valence-corrected chi connectivity index (χ4v) is 3.59. The van der Waals surface area contributed by atoms with E-state index < -0.39 is 0 Å². The third-order valence-corrected chi connectivity index (χ3v) is 4.97. The highest BCUT2D eigenvalue weighted by molar-refractivity contribution is 7.99. The molecule has 0 spiro atoms. The number of aryl methyl sites for hydroxylation is 1. The fraction of sp³-hybridized carbons (Fsp3) is 0.261. The van der Waals surface area contributed by atoms with Crippen LogP contribution in [0.2, 0.25) is 0 Å². The number of hydrogen-bond acceptors (Lipinski definition) is 6. The fourth-order valence-electron chi connectivity index (χ4n) is 3.25. The molecule has 2 heterocycles. The van der Waals surface area contributed by atoms with E-state index in [0.29, 0.717) is 11.4 Å². The first-order valence-corrected chi connectivity index (χ1v) is 10.9. The van der Waals surface area contributed by atoms with E-state index in [1.54, 1.807) is 6.92 Å². The van der Waals surface area contributed by atoms with Gasteiger partial charge in [-0.25, -0.2) is 9.97 Å². The SMILES string of the molecule is CSNc1nc(C(/C=C(/C)C=O)=C/N(C)C)cc2c1nc(C)n2Cc1ccccc1. The van der Waals surface area contributed by atoms with Crippen molar-refractivity contribution in [2.24, 2.45) is 0 Å². The molecule has 3 rings (SSSR count). The summed E-state index contributed by atoms with van der Waals surface area (Å²) in [4.78, 5) is 22.8.